The summed E-state index contributed by atoms with van der Waals surface area (Å²) in [7, 11) is 0. The van der Waals surface area contributed by atoms with Gasteiger partial charge in [0.2, 0.25) is 5.43 Å². The maximum absolute atomic E-state index is 14.1. The Hall–Kier alpha value is -6.91. The van der Waals surface area contributed by atoms with Gasteiger partial charge in [-0.2, -0.15) is 0 Å². The first-order chi connectivity index (χ1) is 26.5. The average molecular weight is 695 g/mol. The van der Waals surface area contributed by atoms with Gasteiger partial charge >= 0.3 is 0 Å². The quantitative estimate of drug-likeness (QED) is 0.172. The first-order valence-electron chi connectivity index (χ1n) is 18.5. The molecule has 1 unspecified atom stereocenters. The second kappa shape index (κ2) is 11.5. The molecule has 1 atom stereocenters. The Morgan fingerprint density at radius 2 is 1.07 bits per heavy atom. The predicted octanol–water partition coefficient (Wildman–Crippen LogP) is 12.7. The van der Waals surface area contributed by atoms with Gasteiger partial charge in [0.25, 0.3) is 0 Å². The minimum atomic E-state index is -0.157. The summed E-state index contributed by atoms with van der Waals surface area (Å²) in [4.78, 5) is 14.1. The minimum Gasteiger partial charge on any atom is -0.456 e. The second-order valence-corrected chi connectivity index (χ2v) is 14.7. The maximum atomic E-state index is 14.1. The van der Waals surface area contributed by atoms with Crippen molar-refractivity contribution in [3.05, 3.63) is 186 Å². The molecule has 54 heavy (non-hydrogen) atoms. The number of hydrogen-bond acceptors (Lipinski definition) is 2. The molecule has 1 aliphatic carbocycles. The third-order valence-electron chi connectivity index (χ3n) is 11.4. The summed E-state index contributed by atoms with van der Waals surface area (Å²) in [5, 5.41) is 5.96. The zero-order valence-electron chi connectivity index (χ0n) is 29.7. The van der Waals surface area contributed by atoms with Crippen LogP contribution in [0.25, 0.3) is 93.5 Å². The lowest BCUT2D eigenvalue weighted by Gasteiger charge is -2.31. The Morgan fingerprint density at radius 3 is 1.83 bits per heavy atom. The first-order valence-corrected chi connectivity index (χ1v) is 18.5. The van der Waals surface area contributed by atoms with Crippen LogP contribution in [0.3, 0.4) is 0 Å². The molecule has 3 heterocycles. The summed E-state index contributed by atoms with van der Waals surface area (Å²) in [6, 6.07) is 52.9. The van der Waals surface area contributed by atoms with Crippen molar-refractivity contribution in [1.82, 2.24) is 9.13 Å². The summed E-state index contributed by atoms with van der Waals surface area (Å²) >= 11 is 0. The highest BCUT2D eigenvalue weighted by atomic mass is 16.3. The minimum absolute atomic E-state index is 0.0243. The maximum Gasteiger partial charge on any atom is 0.200 e. The molecule has 0 N–H and O–H groups in total. The van der Waals surface area contributed by atoms with Gasteiger partial charge in [-0.25, -0.2) is 0 Å². The van der Waals surface area contributed by atoms with E-state index in [2.05, 4.69) is 156 Å². The number of aromatic nitrogens is 2. The summed E-state index contributed by atoms with van der Waals surface area (Å²) < 4.78 is 11.3. The Morgan fingerprint density at radius 1 is 0.500 bits per heavy atom. The molecule has 0 saturated carbocycles. The highest BCUT2D eigenvalue weighted by molar-refractivity contribution is 6.11. The van der Waals surface area contributed by atoms with Crippen LogP contribution in [0, 0.1) is 0 Å². The van der Waals surface area contributed by atoms with Gasteiger partial charge < -0.3 is 13.6 Å². The average Bonchev–Trinajstić information content (AvgIpc) is 3.74. The van der Waals surface area contributed by atoms with Crippen LogP contribution in [0.5, 0.6) is 0 Å². The van der Waals surface area contributed by atoms with Gasteiger partial charge in [0.05, 0.1) is 27.3 Å². The molecule has 256 valence electrons. The molecule has 0 spiro atoms. The van der Waals surface area contributed by atoms with E-state index in [1.807, 2.05) is 36.4 Å². The number of fused-ring (bicyclic) bond motifs is 8. The van der Waals surface area contributed by atoms with Gasteiger partial charge in [-0.1, -0.05) is 103 Å². The molecule has 4 heteroatoms. The molecule has 0 aliphatic heterocycles. The van der Waals surface area contributed by atoms with Crippen molar-refractivity contribution in [1.29, 1.82) is 0 Å². The standard InChI is InChI=1S/C50H34N2O2/c1-50(26-10-3-11-27-50)52-45-17-9-7-15-38(45)41-29-32(20-24-46(41)52)34-21-25-47-42(30-34)49(53)39-22-18-35(31-48(39)54-47)33-19-23-44-40(28-33)37-14-6-8-16-43(37)51(44)36-12-4-2-5-13-36/h2-26,28-31H,27H2,1H3. The number of nitrogens with zero attached hydrogens (tertiary/aromatic N) is 2. The van der Waals surface area contributed by atoms with E-state index < -0.39 is 0 Å². The van der Waals surface area contributed by atoms with E-state index in [0.717, 1.165) is 39.9 Å². The summed E-state index contributed by atoms with van der Waals surface area (Å²) in [6.07, 6.45) is 9.75. The zero-order valence-corrected chi connectivity index (χ0v) is 29.7. The third kappa shape index (κ3) is 4.53. The van der Waals surface area contributed by atoms with E-state index >= 15 is 0 Å². The Bertz CT molecular complexity index is 3280. The van der Waals surface area contributed by atoms with Gasteiger partial charge in [0, 0.05) is 38.3 Å². The van der Waals surface area contributed by atoms with E-state index in [4.69, 9.17) is 4.42 Å². The number of para-hydroxylation sites is 3. The van der Waals surface area contributed by atoms with Crippen LogP contribution in [-0.4, -0.2) is 9.13 Å². The third-order valence-corrected chi connectivity index (χ3v) is 11.4. The SMILES string of the molecule is CC1(n2c3ccccc3c3cc(-c4ccc5oc6cc(-c7ccc8c(c7)c7ccccc7n8-c7ccccc7)ccc6c(=O)c5c4)ccc32)C=CC=CC1. The van der Waals surface area contributed by atoms with E-state index in [0.29, 0.717) is 21.9 Å². The van der Waals surface area contributed by atoms with E-state index in [9.17, 15) is 4.79 Å². The molecule has 0 amide bonds. The Kier molecular flexibility index (Phi) is 6.56. The van der Waals surface area contributed by atoms with Crippen molar-refractivity contribution in [3.8, 4) is 27.9 Å². The van der Waals surface area contributed by atoms with Crippen molar-refractivity contribution in [2.24, 2.45) is 0 Å². The lowest BCUT2D eigenvalue weighted by atomic mass is 9.92. The normalized spacial score (nSPS) is 15.8. The lowest BCUT2D eigenvalue weighted by Crippen LogP contribution is -2.27. The van der Waals surface area contributed by atoms with Crippen molar-refractivity contribution in [2.45, 2.75) is 18.9 Å². The molecular weight excluding hydrogens is 661 g/mol. The molecule has 3 aromatic heterocycles. The fourth-order valence-electron chi connectivity index (χ4n) is 8.81. The van der Waals surface area contributed by atoms with Gasteiger partial charge in [-0.15, -0.1) is 0 Å². The van der Waals surface area contributed by atoms with Crippen molar-refractivity contribution in [2.75, 3.05) is 0 Å². The van der Waals surface area contributed by atoms with E-state index in [1.54, 1.807) is 0 Å². The molecule has 0 saturated heterocycles. The Balaban J connectivity index is 1.00. The largest absolute Gasteiger partial charge is 0.456 e. The molecule has 0 fully saturated rings. The van der Waals surface area contributed by atoms with Crippen LogP contribution >= 0.6 is 0 Å². The van der Waals surface area contributed by atoms with Crippen molar-refractivity contribution < 1.29 is 4.42 Å². The van der Waals surface area contributed by atoms with Crippen molar-refractivity contribution in [3.63, 3.8) is 0 Å². The zero-order chi connectivity index (χ0) is 36.0. The fourth-order valence-corrected chi connectivity index (χ4v) is 8.81. The van der Waals surface area contributed by atoms with Crippen molar-refractivity contribution >= 4 is 65.6 Å². The monoisotopic (exact) mass is 694 g/mol. The van der Waals surface area contributed by atoms with Crippen LogP contribution < -0.4 is 5.43 Å². The molecule has 0 bridgehead atoms. The summed E-state index contributed by atoms with van der Waals surface area (Å²) in [5.41, 5.74) is 11.0. The van der Waals surface area contributed by atoms with Crippen LogP contribution in [0.2, 0.25) is 0 Å². The van der Waals surface area contributed by atoms with Gasteiger partial charge in [-0.05, 0) is 108 Å². The lowest BCUT2D eigenvalue weighted by molar-refractivity contribution is 0.437. The number of benzene rings is 7. The van der Waals surface area contributed by atoms with Gasteiger partial charge in [0.15, 0.2) is 0 Å². The van der Waals surface area contributed by atoms with Crippen LogP contribution in [-0.2, 0) is 5.54 Å². The predicted molar refractivity (Wildman–Crippen MR) is 225 cm³/mol. The number of hydrogen-bond donors (Lipinski definition) is 0. The second-order valence-electron chi connectivity index (χ2n) is 14.7. The topological polar surface area (TPSA) is 40.1 Å². The van der Waals surface area contributed by atoms with Gasteiger partial charge in [-0.3, -0.25) is 4.79 Å². The molecular formula is C50H34N2O2. The first kappa shape index (κ1) is 30.7. The highest BCUT2D eigenvalue weighted by Gasteiger charge is 2.27. The highest BCUT2D eigenvalue weighted by Crippen LogP contribution is 2.40. The summed E-state index contributed by atoms with van der Waals surface area (Å²) in [6.45, 7) is 2.30. The molecule has 11 rings (SSSR count). The Labute approximate surface area is 311 Å². The van der Waals surface area contributed by atoms with Gasteiger partial charge in [0.1, 0.15) is 11.2 Å². The van der Waals surface area contributed by atoms with E-state index in [-0.39, 0.29) is 11.0 Å². The van der Waals surface area contributed by atoms with Crippen LogP contribution in [0.4, 0.5) is 0 Å². The number of rotatable bonds is 4. The summed E-state index contributed by atoms with van der Waals surface area (Å²) in [5.74, 6) is 0. The van der Waals surface area contributed by atoms with E-state index in [1.165, 1.54) is 38.1 Å². The smallest absolute Gasteiger partial charge is 0.200 e. The molecule has 10 aromatic rings. The molecule has 7 aromatic carbocycles. The molecule has 4 nitrogen and oxygen atoms in total. The van der Waals surface area contributed by atoms with Crippen LogP contribution in [0.1, 0.15) is 13.3 Å². The van der Waals surface area contributed by atoms with Crippen LogP contribution in [0.15, 0.2) is 185 Å². The number of allylic oxidation sites excluding steroid dienone is 4. The molecule has 0 radical (unpaired) electrons. The molecule has 1 aliphatic rings. The fraction of sp³-hybridized carbons (Fsp3) is 0.0600.